The van der Waals surface area contributed by atoms with Gasteiger partial charge in [0.15, 0.2) is 17.8 Å². The second kappa shape index (κ2) is 9.34. The van der Waals surface area contributed by atoms with Gasteiger partial charge in [-0.3, -0.25) is 10.1 Å². The van der Waals surface area contributed by atoms with Crippen molar-refractivity contribution in [3.63, 3.8) is 0 Å². The van der Waals surface area contributed by atoms with Gasteiger partial charge in [0.1, 0.15) is 5.75 Å². The van der Waals surface area contributed by atoms with Gasteiger partial charge in [0.25, 0.3) is 5.91 Å². The highest BCUT2D eigenvalue weighted by Crippen LogP contribution is 2.25. The van der Waals surface area contributed by atoms with E-state index >= 15 is 0 Å². The Hall–Kier alpha value is -2.90. The van der Waals surface area contributed by atoms with Crippen molar-refractivity contribution in [3.8, 4) is 17.0 Å². The third-order valence-corrected chi connectivity index (χ3v) is 4.73. The first-order valence-electron chi connectivity index (χ1n) is 8.41. The molecule has 0 unspecified atom stereocenters. The number of aromatic nitrogens is 1. The van der Waals surface area contributed by atoms with Crippen molar-refractivity contribution in [1.29, 1.82) is 0 Å². The van der Waals surface area contributed by atoms with Gasteiger partial charge in [0.05, 0.1) is 10.7 Å². The number of carbonyl (C=O) groups is 2. The Morgan fingerprint density at radius 2 is 1.86 bits per heavy atom. The number of hydrogen-bond acceptors (Lipinski definition) is 6. The third-order valence-electron chi connectivity index (χ3n) is 3.66. The zero-order chi connectivity index (χ0) is 19.9. The molecule has 2 aromatic carbocycles. The number of nitrogens with zero attached hydrogens (tertiary/aromatic N) is 1. The minimum absolute atomic E-state index is 0.350. The maximum atomic E-state index is 12.2. The number of thiazole rings is 1. The van der Waals surface area contributed by atoms with Crippen LogP contribution in [0.1, 0.15) is 6.92 Å². The van der Waals surface area contributed by atoms with E-state index in [-0.39, 0.29) is 6.61 Å². The number of anilines is 1. The maximum Gasteiger partial charge on any atom is 0.344 e. The average molecular weight is 417 g/mol. The Bertz CT molecular complexity index is 962. The van der Waals surface area contributed by atoms with Crippen LogP contribution in [0.15, 0.2) is 60.0 Å². The molecule has 0 aliphatic heterocycles. The highest BCUT2D eigenvalue weighted by atomic mass is 35.5. The summed E-state index contributed by atoms with van der Waals surface area (Å²) >= 11 is 7.25. The van der Waals surface area contributed by atoms with Crippen molar-refractivity contribution >= 4 is 39.9 Å². The number of halogens is 1. The van der Waals surface area contributed by atoms with Crippen molar-refractivity contribution in [3.05, 3.63) is 65.0 Å². The fourth-order valence-electron chi connectivity index (χ4n) is 2.26. The number of benzene rings is 2. The van der Waals surface area contributed by atoms with E-state index in [0.29, 0.717) is 15.9 Å². The molecule has 3 rings (SSSR count). The summed E-state index contributed by atoms with van der Waals surface area (Å²) < 4.78 is 10.4. The molecular weight excluding hydrogens is 400 g/mol. The summed E-state index contributed by atoms with van der Waals surface area (Å²) in [4.78, 5) is 28.5. The van der Waals surface area contributed by atoms with Crippen LogP contribution < -0.4 is 10.1 Å². The highest BCUT2D eigenvalue weighted by molar-refractivity contribution is 7.14. The van der Waals surface area contributed by atoms with Gasteiger partial charge in [-0.1, -0.05) is 54.1 Å². The molecule has 0 fully saturated rings. The molecule has 28 heavy (non-hydrogen) atoms. The molecular formula is C20H17ClN2O4S. The van der Waals surface area contributed by atoms with E-state index in [0.717, 1.165) is 11.3 Å². The molecule has 3 aromatic rings. The zero-order valence-corrected chi connectivity index (χ0v) is 16.5. The van der Waals surface area contributed by atoms with Gasteiger partial charge in [0.2, 0.25) is 0 Å². The highest BCUT2D eigenvalue weighted by Gasteiger charge is 2.20. The first kappa shape index (κ1) is 19.9. The third kappa shape index (κ3) is 5.31. The largest absolute Gasteiger partial charge is 0.480 e. The summed E-state index contributed by atoms with van der Waals surface area (Å²) in [5, 5.41) is 5.31. The Morgan fingerprint density at radius 3 is 2.61 bits per heavy atom. The Labute approximate surface area is 171 Å². The summed E-state index contributed by atoms with van der Waals surface area (Å²) in [5.74, 6) is -0.777. The van der Waals surface area contributed by atoms with Crippen LogP contribution >= 0.6 is 22.9 Å². The normalized spacial score (nSPS) is 11.5. The molecule has 0 radical (unpaired) electrons. The molecule has 8 heteroatoms. The molecule has 0 saturated carbocycles. The molecule has 1 atom stereocenters. The number of nitrogens with one attached hydrogen (secondary N) is 1. The van der Waals surface area contributed by atoms with Crippen molar-refractivity contribution in [2.24, 2.45) is 0 Å². The standard InChI is InChI=1S/C20H17ClN2O4S/c1-13(27-18(24)11-26-17-10-6-5-9-15(17)21)19(25)23-20-22-16(12-28-20)14-7-3-2-4-8-14/h2-10,12-13H,11H2,1H3,(H,22,23,25)/t13-/m1/s1. The molecule has 144 valence electrons. The second-order valence-electron chi connectivity index (χ2n) is 5.74. The van der Waals surface area contributed by atoms with Crippen molar-refractivity contribution < 1.29 is 19.1 Å². The Morgan fingerprint density at radius 1 is 1.14 bits per heavy atom. The number of ether oxygens (including phenoxy) is 2. The topological polar surface area (TPSA) is 77.5 Å². The van der Waals surface area contributed by atoms with Crippen LogP contribution in [0.4, 0.5) is 5.13 Å². The lowest BCUT2D eigenvalue weighted by molar-refractivity contribution is -0.155. The van der Waals surface area contributed by atoms with Crippen molar-refractivity contribution in [2.75, 3.05) is 11.9 Å². The number of hydrogen-bond donors (Lipinski definition) is 1. The predicted octanol–water partition coefficient (Wildman–Crippen LogP) is 4.41. The SMILES string of the molecule is C[C@@H](OC(=O)COc1ccccc1Cl)C(=O)Nc1nc(-c2ccccc2)cs1. The lowest BCUT2D eigenvalue weighted by Crippen LogP contribution is -2.31. The summed E-state index contributed by atoms with van der Waals surface area (Å²) in [6.07, 6.45) is -0.994. The summed E-state index contributed by atoms with van der Waals surface area (Å²) in [5.41, 5.74) is 1.72. The van der Waals surface area contributed by atoms with E-state index < -0.39 is 18.0 Å². The van der Waals surface area contributed by atoms with E-state index in [2.05, 4.69) is 10.3 Å². The second-order valence-corrected chi connectivity index (χ2v) is 7.01. The van der Waals surface area contributed by atoms with E-state index in [1.807, 2.05) is 35.7 Å². The van der Waals surface area contributed by atoms with Gasteiger partial charge in [-0.2, -0.15) is 0 Å². The van der Waals surface area contributed by atoms with Gasteiger partial charge in [-0.05, 0) is 19.1 Å². The molecule has 0 spiro atoms. The van der Waals surface area contributed by atoms with Crippen LogP contribution in [0.25, 0.3) is 11.3 Å². The van der Waals surface area contributed by atoms with Crippen LogP contribution in [0.2, 0.25) is 5.02 Å². The molecule has 1 heterocycles. The first-order valence-corrected chi connectivity index (χ1v) is 9.67. The lowest BCUT2D eigenvalue weighted by Gasteiger charge is -2.13. The molecule has 0 aliphatic rings. The molecule has 0 bridgehead atoms. The number of rotatable bonds is 7. The summed E-state index contributed by atoms with van der Waals surface area (Å²) in [7, 11) is 0. The number of carbonyl (C=O) groups excluding carboxylic acids is 2. The minimum atomic E-state index is -0.994. The van der Waals surface area contributed by atoms with E-state index in [1.54, 1.807) is 24.3 Å². The summed E-state index contributed by atoms with van der Waals surface area (Å²) in [6.45, 7) is 1.13. The van der Waals surface area contributed by atoms with Gasteiger partial charge >= 0.3 is 5.97 Å². The van der Waals surface area contributed by atoms with Gasteiger partial charge in [-0.25, -0.2) is 9.78 Å². The molecule has 1 amide bonds. The van der Waals surface area contributed by atoms with Crippen LogP contribution in [0.3, 0.4) is 0 Å². The zero-order valence-electron chi connectivity index (χ0n) is 14.9. The van der Waals surface area contributed by atoms with E-state index in [1.165, 1.54) is 18.3 Å². The van der Waals surface area contributed by atoms with Gasteiger partial charge < -0.3 is 9.47 Å². The fourth-order valence-corrected chi connectivity index (χ4v) is 3.18. The van der Waals surface area contributed by atoms with Crippen LogP contribution in [-0.2, 0) is 14.3 Å². The first-order chi connectivity index (χ1) is 13.5. The molecule has 1 aromatic heterocycles. The quantitative estimate of drug-likeness (QED) is 0.577. The Balaban J connectivity index is 1.50. The van der Waals surface area contributed by atoms with E-state index in [4.69, 9.17) is 21.1 Å². The monoisotopic (exact) mass is 416 g/mol. The number of esters is 1. The Kier molecular flexibility index (Phi) is 6.62. The van der Waals surface area contributed by atoms with E-state index in [9.17, 15) is 9.59 Å². The smallest absolute Gasteiger partial charge is 0.344 e. The van der Waals surface area contributed by atoms with Crippen LogP contribution in [0.5, 0.6) is 5.75 Å². The average Bonchev–Trinajstić information content (AvgIpc) is 3.16. The van der Waals surface area contributed by atoms with Crippen LogP contribution in [0, 0.1) is 0 Å². The molecule has 1 N–H and O–H groups in total. The van der Waals surface area contributed by atoms with Crippen molar-refractivity contribution in [2.45, 2.75) is 13.0 Å². The molecule has 0 aliphatic carbocycles. The number of para-hydroxylation sites is 1. The molecule has 6 nitrogen and oxygen atoms in total. The molecule has 0 saturated heterocycles. The predicted molar refractivity (Wildman–Crippen MR) is 109 cm³/mol. The van der Waals surface area contributed by atoms with Crippen molar-refractivity contribution in [1.82, 2.24) is 4.98 Å². The maximum absolute atomic E-state index is 12.2. The number of amides is 1. The summed E-state index contributed by atoms with van der Waals surface area (Å²) in [6, 6.07) is 16.4. The van der Waals surface area contributed by atoms with Gasteiger partial charge in [-0.15, -0.1) is 11.3 Å². The van der Waals surface area contributed by atoms with Crippen LogP contribution in [-0.4, -0.2) is 29.6 Å². The minimum Gasteiger partial charge on any atom is -0.480 e. The van der Waals surface area contributed by atoms with Gasteiger partial charge in [0, 0.05) is 10.9 Å². The fraction of sp³-hybridized carbons (Fsp3) is 0.150. The lowest BCUT2D eigenvalue weighted by atomic mass is 10.2.